The molecule has 126 valence electrons. The van der Waals surface area contributed by atoms with Gasteiger partial charge < -0.3 is 5.11 Å². The zero-order valence-electron chi connectivity index (χ0n) is 13.9. The van der Waals surface area contributed by atoms with Crippen LogP contribution in [-0.4, -0.2) is 21.8 Å². The van der Waals surface area contributed by atoms with Crippen LogP contribution in [0.25, 0.3) is 0 Å². The van der Waals surface area contributed by atoms with E-state index in [1.807, 2.05) is 72.4 Å². The third kappa shape index (κ3) is 2.79. The third-order valence-corrected chi connectivity index (χ3v) is 7.14. The summed E-state index contributed by atoms with van der Waals surface area (Å²) in [5.74, 6) is 0.945. The third-order valence-electron chi connectivity index (χ3n) is 5.56. The quantitative estimate of drug-likeness (QED) is 0.875. The van der Waals surface area contributed by atoms with Crippen molar-refractivity contribution < 1.29 is 5.11 Å². The number of hydrogen-bond acceptors (Lipinski definition) is 3. The number of aliphatic hydroxyl groups is 1. The Morgan fingerprint density at radius 1 is 0.875 bits per heavy atom. The van der Waals surface area contributed by atoms with E-state index in [2.05, 4.69) is 5.32 Å². The van der Waals surface area contributed by atoms with E-state index in [0.717, 1.165) is 16.9 Å². The van der Waals surface area contributed by atoms with Crippen molar-refractivity contribution >= 4 is 11.8 Å². The highest BCUT2D eigenvalue weighted by atomic mass is 32.2. The summed E-state index contributed by atoms with van der Waals surface area (Å²) in [7, 11) is 0. The van der Waals surface area contributed by atoms with Crippen LogP contribution in [0.2, 0.25) is 0 Å². The van der Waals surface area contributed by atoms with Gasteiger partial charge in [-0.05, 0) is 24.0 Å². The van der Waals surface area contributed by atoms with E-state index in [4.69, 9.17) is 0 Å². The van der Waals surface area contributed by atoms with E-state index < -0.39 is 5.60 Å². The van der Waals surface area contributed by atoms with Crippen LogP contribution in [0.15, 0.2) is 60.7 Å². The molecule has 2 nitrogen and oxygen atoms in total. The lowest BCUT2D eigenvalue weighted by molar-refractivity contribution is 0.0408. The summed E-state index contributed by atoms with van der Waals surface area (Å²) in [5.41, 5.74) is 0.959. The standard InChI is InChI=1S/C21H25NOS/c23-21(17-10-4-1-5-11-17,18-12-6-2-7-13-18)19-16-24-20(22-19)14-8-3-9-15-20/h1-2,4-7,10-13,19,22-23H,3,8-9,14-16H2/t19-/m0/s1. The van der Waals surface area contributed by atoms with Crippen LogP contribution in [0.4, 0.5) is 0 Å². The molecule has 1 atom stereocenters. The van der Waals surface area contributed by atoms with Gasteiger partial charge in [-0.3, -0.25) is 5.32 Å². The van der Waals surface area contributed by atoms with Gasteiger partial charge in [-0.15, -0.1) is 11.8 Å². The van der Waals surface area contributed by atoms with Crippen molar-refractivity contribution in [2.75, 3.05) is 5.75 Å². The molecule has 1 spiro atoms. The highest BCUT2D eigenvalue weighted by Crippen LogP contribution is 2.47. The van der Waals surface area contributed by atoms with Gasteiger partial charge in [0.2, 0.25) is 0 Å². The minimum Gasteiger partial charge on any atom is -0.379 e. The van der Waals surface area contributed by atoms with Crippen molar-refractivity contribution in [3.63, 3.8) is 0 Å². The topological polar surface area (TPSA) is 32.3 Å². The lowest BCUT2D eigenvalue weighted by Gasteiger charge is -2.39. The maximum atomic E-state index is 11.9. The molecule has 2 aromatic carbocycles. The predicted molar refractivity (Wildman–Crippen MR) is 101 cm³/mol. The van der Waals surface area contributed by atoms with Gasteiger partial charge in [0.05, 0.1) is 10.9 Å². The van der Waals surface area contributed by atoms with Crippen molar-refractivity contribution in [1.29, 1.82) is 0 Å². The number of benzene rings is 2. The molecule has 3 heteroatoms. The molecule has 0 aromatic heterocycles. The molecule has 0 amide bonds. The first-order chi connectivity index (χ1) is 11.7. The van der Waals surface area contributed by atoms with Crippen LogP contribution < -0.4 is 5.32 Å². The van der Waals surface area contributed by atoms with Gasteiger partial charge in [0.15, 0.2) is 0 Å². The largest absolute Gasteiger partial charge is 0.379 e. The van der Waals surface area contributed by atoms with E-state index in [0.29, 0.717) is 0 Å². The van der Waals surface area contributed by atoms with E-state index in [-0.39, 0.29) is 10.9 Å². The molecule has 1 heterocycles. The second-order valence-corrected chi connectivity index (χ2v) is 8.46. The van der Waals surface area contributed by atoms with Crippen LogP contribution >= 0.6 is 11.8 Å². The van der Waals surface area contributed by atoms with Crippen LogP contribution in [0.1, 0.15) is 43.2 Å². The van der Waals surface area contributed by atoms with Crippen molar-refractivity contribution in [2.45, 2.75) is 48.6 Å². The van der Waals surface area contributed by atoms with Crippen molar-refractivity contribution in [2.24, 2.45) is 0 Å². The molecular weight excluding hydrogens is 314 g/mol. The fourth-order valence-electron chi connectivity index (χ4n) is 4.23. The maximum Gasteiger partial charge on any atom is 0.131 e. The van der Waals surface area contributed by atoms with Gasteiger partial charge in [-0.1, -0.05) is 79.9 Å². The number of nitrogens with one attached hydrogen (secondary N) is 1. The van der Waals surface area contributed by atoms with Crippen LogP contribution in [0, 0.1) is 0 Å². The Morgan fingerprint density at radius 2 is 1.42 bits per heavy atom. The zero-order chi connectivity index (χ0) is 16.5. The Bertz CT molecular complexity index is 627. The SMILES string of the molecule is OC(c1ccccc1)(c1ccccc1)[C@@H]1CSC2(CCCCC2)N1. The first kappa shape index (κ1) is 16.2. The van der Waals surface area contributed by atoms with Gasteiger partial charge >= 0.3 is 0 Å². The monoisotopic (exact) mass is 339 g/mol. The molecule has 2 aromatic rings. The molecule has 1 saturated carbocycles. The molecule has 1 aliphatic heterocycles. The molecule has 2 aliphatic rings. The average molecular weight is 340 g/mol. The maximum absolute atomic E-state index is 11.9. The molecule has 0 bridgehead atoms. The smallest absolute Gasteiger partial charge is 0.131 e. The minimum atomic E-state index is -0.990. The average Bonchev–Trinajstić information content (AvgIpc) is 3.07. The van der Waals surface area contributed by atoms with Crippen LogP contribution in [0.3, 0.4) is 0 Å². The minimum absolute atomic E-state index is 0.0328. The lowest BCUT2D eigenvalue weighted by Crippen LogP contribution is -2.53. The summed E-state index contributed by atoms with van der Waals surface area (Å²) in [6.45, 7) is 0. The Labute approximate surface area is 148 Å². The molecule has 4 rings (SSSR count). The Morgan fingerprint density at radius 3 is 1.96 bits per heavy atom. The van der Waals surface area contributed by atoms with E-state index in [9.17, 15) is 5.11 Å². The van der Waals surface area contributed by atoms with Crippen LogP contribution in [0.5, 0.6) is 0 Å². The summed E-state index contributed by atoms with van der Waals surface area (Å²) in [6, 6.07) is 20.3. The summed E-state index contributed by atoms with van der Waals surface area (Å²) >= 11 is 2.02. The predicted octanol–water partition coefficient (Wildman–Crippen LogP) is 4.29. The fraction of sp³-hybridized carbons (Fsp3) is 0.429. The van der Waals surface area contributed by atoms with Gasteiger partial charge in [0, 0.05) is 5.75 Å². The Kier molecular flexibility index (Phi) is 4.42. The number of thioether (sulfide) groups is 1. The molecule has 1 saturated heterocycles. The summed E-state index contributed by atoms with van der Waals surface area (Å²) in [5, 5.41) is 15.7. The van der Waals surface area contributed by atoms with Gasteiger partial charge in [0.25, 0.3) is 0 Å². The number of hydrogen-bond donors (Lipinski definition) is 2. The highest BCUT2D eigenvalue weighted by Gasteiger charge is 2.49. The summed E-state index contributed by atoms with van der Waals surface area (Å²) in [4.78, 5) is 0.167. The second-order valence-electron chi connectivity index (χ2n) is 7.06. The van der Waals surface area contributed by atoms with Crippen molar-refractivity contribution in [1.82, 2.24) is 5.32 Å². The van der Waals surface area contributed by atoms with Gasteiger partial charge in [-0.25, -0.2) is 0 Å². The normalized spacial score (nSPS) is 23.5. The molecule has 2 N–H and O–H groups in total. The van der Waals surface area contributed by atoms with Crippen molar-refractivity contribution in [3.05, 3.63) is 71.8 Å². The van der Waals surface area contributed by atoms with Gasteiger partial charge in [-0.2, -0.15) is 0 Å². The molecule has 0 unspecified atom stereocenters. The fourth-order valence-corrected chi connectivity index (χ4v) is 5.85. The Hall–Kier alpha value is -1.29. The number of rotatable bonds is 3. The summed E-state index contributed by atoms with van der Waals surface area (Å²) in [6.07, 6.45) is 6.36. The van der Waals surface area contributed by atoms with E-state index in [1.165, 1.54) is 32.1 Å². The van der Waals surface area contributed by atoms with Crippen molar-refractivity contribution in [3.8, 4) is 0 Å². The van der Waals surface area contributed by atoms with E-state index in [1.54, 1.807) is 0 Å². The first-order valence-corrected chi connectivity index (χ1v) is 9.97. The first-order valence-electron chi connectivity index (χ1n) is 8.98. The molecule has 1 aliphatic carbocycles. The second kappa shape index (κ2) is 6.55. The van der Waals surface area contributed by atoms with Crippen LogP contribution in [-0.2, 0) is 5.60 Å². The van der Waals surface area contributed by atoms with E-state index >= 15 is 0 Å². The van der Waals surface area contributed by atoms with Gasteiger partial charge in [0.1, 0.15) is 5.60 Å². The Balaban J connectivity index is 1.72. The molecular formula is C21H25NOS. The highest BCUT2D eigenvalue weighted by molar-refractivity contribution is 8.00. The zero-order valence-corrected chi connectivity index (χ0v) is 14.8. The lowest BCUT2D eigenvalue weighted by atomic mass is 9.80. The molecule has 2 fully saturated rings. The molecule has 0 radical (unpaired) electrons. The molecule has 24 heavy (non-hydrogen) atoms. The summed E-state index contributed by atoms with van der Waals surface area (Å²) < 4.78 is 0.